The predicted molar refractivity (Wildman–Crippen MR) is 110 cm³/mol. The Balaban J connectivity index is 1.96. The highest BCUT2D eigenvalue weighted by atomic mass is 32.1. The number of rotatable bonds is 7. The van der Waals surface area contributed by atoms with E-state index < -0.39 is 11.6 Å². The number of benzene rings is 2. The van der Waals surface area contributed by atoms with Crippen LogP contribution in [0.1, 0.15) is 34.1 Å². The lowest BCUT2D eigenvalue weighted by Gasteiger charge is -2.20. The van der Waals surface area contributed by atoms with Gasteiger partial charge in [0, 0.05) is 30.2 Å². The second-order valence-corrected chi connectivity index (χ2v) is 8.14. The summed E-state index contributed by atoms with van der Waals surface area (Å²) in [5.41, 5.74) is 0.967. The quantitative estimate of drug-likeness (QED) is 0.601. The zero-order valence-corrected chi connectivity index (χ0v) is 17.3. The Morgan fingerprint density at radius 1 is 1.10 bits per heavy atom. The Hall–Kier alpha value is -2.71. The van der Waals surface area contributed by atoms with Crippen LogP contribution in [0.3, 0.4) is 0 Å². The Morgan fingerprint density at radius 3 is 2.38 bits per heavy atom. The van der Waals surface area contributed by atoms with Gasteiger partial charge in [0.2, 0.25) is 0 Å². The first kappa shape index (κ1) is 21.0. The third-order valence-electron chi connectivity index (χ3n) is 4.47. The van der Waals surface area contributed by atoms with Gasteiger partial charge in [-0.2, -0.15) is 0 Å². The van der Waals surface area contributed by atoms with Crippen molar-refractivity contribution in [3.8, 4) is 0 Å². The molecule has 29 heavy (non-hydrogen) atoms. The van der Waals surface area contributed by atoms with E-state index in [1.165, 1.54) is 22.8 Å². The SMILES string of the molecule is CC(=O)c1ccc(C(=O)N(CCC[NH+](C)C)c2nc3c(F)cc(F)cc3s2)cc1. The highest BCUT2D eigenvalue weighted by Gasteiger charge is 2.23. The van der Waals surface area contributed by atoms with E-state index in [1.807, 2.05) is 14.1 Å². The van der Waals surface area contributed by atoms with E-state index in [-0.39, 0.29) is 17.2 Å². The molecular formula is C21H22F2N3O2S+. The highest BCUT2D eigenvalue weighted by molar-refractivity contribution is 7.22. The lowest BCUT2D eigenvalue weighted by atomic mass is 10.1. The summed E-state index contributed by atoms with van der Waals surface area (Å²) in [6, 6.07) is 8.39. The van der Waals surface area contributed by atoms with Crippen LogP contribution in [0.25, 0.3) is 10.2 Å². The molecule has 3 aromatic rings. The predicted octanol–water partition coefficient (Wildman–Crippen LogP) is 2.96. The van der Waals surface area contributed by atoms with Crippen LogP contribution >= 0.6 is 11.3 Å². The smallest absolute Gasteiger partial charge is 0.260 e. The van der Waals surface area contributed by atoms with Gasteiger partial charge in [-0.3, -0.25) is 14.5 Å². The summed E-state index contributed by atoms with van der Waals surface area (Å²) in [5, 5.41) is 0.318. The summed E-state index contributed by atoms with van der Waals surface area (Å²) < 4.78 is 28.0. The molecule has 1 heterocycles. The second kappa shape index (κ2) is 8.75. The summed E-state index contributed by atoms with van der Waals surface area (Å²) in [4.78, 5) is 31.6. The molecule has 0 fully saturated rings. The van der Waals surface area contributed by atoms with E-state index in [0.29, 0.717) is 33.9 Å². The molecule has 0 saturated heterocycles. The minimum atomic E-state index is -0.751. The molecule has 2 aromatic carbocycles. The number of aromatic nitrogens is 1. The van der Waals surface area contributed by atoms with E-state index in [1.54, 1.807) is 24.3 Å². The van der Waals surface area contributed by atoms with Crippen LogP contribution in [0.15, 0.2) is 36.4 Å². The van der Waals surface area contributed by atoms with E-state index >= 15 is 0 Å². The fourth-order valence-electron chi connectivity index (χ4n) is 2.94. The van der Waals surface area contributed by atoms with Gasteiger partial charge in [-0.05, 0) is 25.1 Å². The monoisotopic (exact) mass is 418 g/mol. The zero-order chi connectivity index (χ0) is 21.1. The Bertz CT molecular complexity index is 1050. The minimum Gasteiger partial charge on any atom is -0.340 e. The van der Waals surface area contributed by atoms with Gasteiger partial charge in [0.05, 0.1) is 25.3 Å². The fraction of sp³-hybridized carbons (Fsp3) is 0.286. The van der Waals surface area contributed by atoms with Crippen LogP contribution in [0.2, 0.25) is 0 Å². The summed E-state index contributed by atoms with van der Waals surface area (Å²) in [5.74, 6) is -1.81. The number of halogens is 2. The molecule has 0 bridgehead atoms. The maximum absolute atomic E-state index is 14.1. The third-order valence-corrected chi connectivity index (χ3v) is 5.50. The molecule has 0 spiro atoms. The fourth-order valence-corrected chi connectivity index (χ4v) is 3.97. The van der Waals surface area contributed by atoms with E-state index in [0.717, 1.165) is 23.9 Å². The molecule has 0 aliphatic carbocycles. The topological polar surface area (TPSA) is 54.7 Å². The molecule has 5 nitrogen and oxygen atoms in total. The van der Waals surface area contributed by atoms with E-state index in [9.17, 15) is 18.4 Å². The molecule has 1 amide bonds. The van der Waals surface area contributed by atoms with Gasteiger partial charge in [0.25, 0.3) is 5.91 Å². The van der Waals surface area contributed by atoms with Gasteiger partial charge in [-0.25, -0.2) is 13.8 Å². The zero-order valence-electron chi connectivity index (χ0n) is 16.5. The number of thiazole rings is 1. The number of amides is 1. The first-order valence-electron chi connectivity index (χ1n) is 9.23. The van der Waals surface area contributed by atoms with Crippen LogP contribution in [-0.2, 0) is 0 Å². The number of Topliss-reactive ketones (excluding diaryl/α,β-unsaturated/α-hetero) is 1. The number of nitrogens with one attached hydrogen (secondary N) is 1. The molecule has 0 aliphatic heterocycles. The van der Waals surface area contributed by atoms with Crippen LogP contribution < -0.4 is 9.80 Å². The molecule has 0 atom stereocenters. The Labute approximate surface area is 171 Å². The summed E-state index contributed by atoms with van der Waals surface area (Å²) in [7, 11) is 4.03. The van der Waals surface area contributed by atoms with Gasteiger partial charge in [-0.1, -0.05) is 23.5 Å². The summed E-state index contributed by atoms with van der Waals surface area (Å²) >= 11 is 1.08. The normalized spacial score (nSPS) is 11.2. The number of carbonyl (C=O) groups excluding carboxylic acids is 2. The van der Waals surface area contributed by atoms with Crippen molar-refractivity contribution in [2.75, 3.05) is 32.1 Å². The van der Waals surface area contributed by atoms with Crippen molar-refractivity contribution in [1.29, 1.82) is 0 Å². The number of ketones is 1. The molecule has 1 aromatic heterocycles. The molecule has 152 valence electrons. The van der Waals surface area contributed by atoms with E-state index in [4.69, 9.17) is 0 Å². The number of nitrogens with zero attached hydrogens (tertiary/aromatic N) is 2. The Morgan fingerprint density at radius 2 is 1.76 bits per heavy atom. The lowest BCUT2D eigenvalue weighted by molar-refractivity contribution is -0.858. The number of hydrogen-bond acceptors (Lipinski definition) is 4. The van der Waals surface area contributed by atoms with Gasteiger partial charge in [0.15, 0.2) is 16.7 Å². The molecule has 0 unspecified atom stereocenters. The van der Waals surface area contributed by atoms with Crippen molar-refractivity contribution >= 4 is 38.4 Å². The maximum Gasteiger partial charge on any atom is 0.260 e. The van der Waals surface area contributed by atoms with Crippen molar-refractivity contribution in [2.45, 2.75) is 13.3 Å². The number of fused-ring (bicyclic) bond motifs is 1. The van der Waals surface area contributed by atoms with Crippen molar-refractivity contribution < 1.29 is 23.3 Å². The van der Waals surface area contributed by atoms with Crippen LogP contribution in [0, 0.1) is 11.6 Å². The first-order valence-corrected chi connectivity index (χ1v) is 10.1. The lowest BCUT2D eigenvalue weighted by Crippen LogP contribution is -3.05. The largest absolute Gasteiger partial charge is 0.340 e. The Kier molecular flexibility index (Phi) is 6.34. The average Bonchev–Trinajstić information content (AvgIpc) is 3.08. The van der Waals surface area contributed by atoms with Crippen LogP contribution in [-0.4, -0.2) is 43.9 Å². The number of carbonyl (C=O) groups is 2. The van der Waals surface area contributed by atoms with Gasteiger partial charge in [-0.15, -0.1) is 0 Å². The number of anilines is 1. The van der Waals surface area contributed by atoms with Gasteiger partial charge in [0.1, 0.15) is 11.3 Å². The third kappa shape index (κ3) is 4.83. The summed E-state index contributed by atoms with van der Waals surface area (Å²) in [6.45, 7) is 2.69. The van der Waals surface area contributed by atoms with Crippen molar-refractivity contribution in [3.05, 3.63) is 59.2 Å². The molecule has 8 heteroatoms. The molecule has 1 N–H and O–H groups in total. The van der Waals surface area contributed by atoms with Crippen molar-refractivity contribution in [2.24, 2.45) is 0 Å². The standard InChI is InChI=1S/C21H21F2N3O2S/c1-13(27)14-5-7-15(8-6-14)20(28)26(10-4-9-25(2)3)21-24-19-17(23)11-16(22)12-18(19)29-21/h5-8,11-12H,4,9-10H2,1-3H3/p+1. The molecule has 3 rings (SSSR count). The maximum atomic E-state index is 14.1. The molecule has 0 saturated carbocycles. The molecular weight excluding hydrogens is 396 g/mol. The van der Waals surface area contributed by atoms with Gasteiger partial charge >= 0.3 is 0 Å². The van der Waals surface area contributed by atoms with Crippen molar-refractivity contribution in [3.63, 3.8) is 0 Å². The summed E-state index contributed by atoms with van der Waals surface area (Å²) in [6.07, 6.45) is 0.715. The average molecular weight is 418 g/mol. The van der Waals surface area contributed by atoms with Crippen LogP contribution in [0.5, 0.6) is 0 Å². The van der Waals surface area contributed by atoms with Crippen molar-refractivity contribution in [1.82, 2.24) is 4.98 Å². The minimum absolute atomic E-state index is 0.0503. The molecule has 0 radical (unpaired) electrons. The number of quaternary nitrogens is 1. The number of hydrogen-bond donors (Lipinski definition) is 1. The highest BCUT2D eigenvalue weighted by Crippen LogP contribution is 2.32. The van der Waals surface area contributed by atoms with E-state index in [2.05, 4.69) is 4.98 Å². The van der Waals surface area contributed by atoms with Gasteiger partial charge < -0.3 is 4.90 Å². The molecule has 0 aliphatic rings. The second-order valence-electron chi connectivity index (χ2n) is 7.13. The first-order chi connectivity index (χ1) is 13.8. The van der Waals surface area contributed by atoms with Crippen LogP contribution in [0.4, 0.5) is 13.9 Å².